The molecule has 0 saturated carbocycles. The molecule has 36 heavy (non-hydrogen) atoms. The molecule has 0 bridgehead atoms. The van der Waals surface area contributed by atoms with Crippen molar-refractivity contribution in [3.8, 4) is 5.75 Å². The van der Waals surface area contributed by atoms with Gasteiger partial charge in [0, 0.05) is 58.0 Å². The molecular formula is C29H42F2N4O. The van der Waals surface area contributed by atoms with E-state index in [1.807, 2.05) is 31.7 Å². The lowest BCUT2D eigenvalue weighted by atomic mass is 9.90. The van der Waals surface area contributed by atoms with Gasteiger partial charge in [0.2, 0.25) is 0 Å². The summed E-state index contributed by atoms with van der Waals surface area (Å²) < 4.78 is 34.9. The Bertz CT molecular complexity index is 1220. The average Bonchev–Trinajstić information content (AvgIpc) is 3.05. The topological polar surface area (TPSA) is 42.7 Å². The molecule has 1 aliphatic rings. The van der Waals surface area contributed by atoms with Crippen LogP contribution in [-0.4, -0.2) is 52.8 Å². The van der Waals surface area contributed by atoms with Gasteiger partial charge >= 0.3 is 0 Å². The summed E-state index contributed by atoms with van der Waals surface area (Å²) in [4.78, 5) is 11.4. The molecule has 198 valence electrons. The minimum atomic E-state index is -2.65. The van der Waals surface area contributed by atoms with E-state index in [-0.39, 0.29) is 12.6 Å². The smallest absolute Gasteiger partial charge is 0.257 e. The van der Waals surface area contributed by atoms with Gasteiger partial charge in [0.25, 0.3) is 5.92 Å². The largest absolute Gasteiger partial charge is 0.496 e. The zero-order chi connectivity index (χ0) is 26.8. The van der Waals surface area contributed by atoms with Crippen LogP contribution in [0, 0.1) is 26.7 Å². The van der Waals surface area contributed by atoms with Crippen molar-refractivity contribution >= 4 is 18.4 Å². The van der Waals surface area contributed by atoms with Crippen LogP contribution in [0.3, 0.4) is 0 Å². The lowest BCUT2D eigenvalue weighted by molar-refractivity contribution is -0.0240. The molecule has 1 aliphatic heterocycles. The fourth-order valence-corrected chi connectivity index (χ4v) is 5.76. The minimum Gasteiger partial charge on any atom is -0.496 e. The van der Waals surface area contributed by atoms with Gasteiger partial charge in [-0.25, -0.2) is 8.78 Å². The van der Waals surface area contributed by atoms with Gasteiger partial charge in [0.1, 0.15) is 5.75 Å². The normalized spacial score (nSPS) is 17.6. The van der Waals surface area contributed by atoms with E-state index < -0.39 is 5.92 Å². The molecule has 0 amide bonds. The second kappa shape index (κ2) is 11.2. The number of hydrogen-bond acceptors (Lipinski definition) is 4. The standard InChI is InChI=1S/C29H42F2N4O/c1-10-26-19(3)28(21(5)32-16-25-20(4)33-18(2)15-27(25)36-9)23(7)35(26)22(6)24-11-13-34(14-12-24)17-29(8,30)31/h10,15,22,24H,7,11-14,16-17H2,1-6,8-9H3. The molecule has 1 saturated heterocycles. The van der Waals surface area contributed by atoms with E-state index in [9.17, 15) is 8.78 Å². The van der Waals surface area contributed by atoms with Crippen LogP contribution in [0.15, 0.2) is 11.1 Å². The summed E-state index contributed by atoms with van der Waals surface area (Å²) in [6, 6.07) is 2.16. The molecule has 3 heterocycles. The van der Waals surface area contributed by atoms with Crippen LogP contribution in [-0.2, 0) is 6.54 Å². The number of rotatable bonds is 8. The second-order valence-electron chi connectivity index (χ2n) is 10.3. The summed E-state index contributed by atoms with van der Waals surface area (Å²) in [5.74, 6) is -1.43. The fraction of sp³-hybridized carbons (Fsp3) is 0.586. The number of alkyl halides is 2. The van der Waals surface area contributed by atoms with Crippen molar-refractivity contribution in [1.82, 2.24) is 14.5 Å². The molecule has 2 aromatic rings. The highest BCUT2D eigenvalue weighted by molar-refractivity contribution is 6.00. The van der Waals surface area contributed by atoms with Crippen LogP contribution in [0.1, 0.15) is 74.7 Å². The summed E-state index contributed by atoms with van der Waals surface area (Å²) in [6.07, 6.45) is 3.94. The molecule has 1 unspecified atom stereocenters. The number of aromatic nitrogens is 2. The number of aliphatic imine (C=N–C) groups is 1. The Labute approximate surface area is 214 Å². The van der Waals surface area contributed by atoms with Gasteiger partial charge in [-0.15, -0.1) is 0 Å². The zero-order valence-corrected chi connectivity index (χ0v) is 23.2. The van der Waals surface area contributed by atoms with Crippen LogP contribution < -0.4 is 15.4 Å². The van der Waals surface area contributed by atoms with E-state index in [1.54, 1.807) is 7.11 Å². The lowest BCUT2D eigenvalue weighted by Gasteiger charge is -2.36. The predicted molar refractivity (Wildman–Crippen MR) is 145 cm³/mol. The van der Waals surface area contributed by atoms with E-state index in [0.29, 0.717) is 25.6 Å². The Morgan fingerprint density at radius 3 is 2.50 bits per heavy atom. The molecule has 0 N–H and O–H groups in total. The zero-order valence-electron chi connectivity index (χ0n) is 23.2. The summed E-state index contributed by atoms with van der Waals surface area (Å²) in [6.45, 7) is 19.6. The van der Waals surface area contributed by atoms with Crippen LogP contribution in [0.5, 0.6) is 5.75 Å². The van der Waals surface area contributed by atoms with Crippen LogP contribution in [0.25, 0.3) is 12.7 Å². The number of piperidine rings is 1. The Kier molecular flexibility index (Phi) is 8.75. The number of halogens is 2. The molecule has 2 aromatic heterocycles. The van der Waals surface area contributed by atoms with Gasteiger partial charge in [-0.3, -0.25) is 14.9 Å². The number of nitrogens with zero attached hydrogens (tertiary/aromatic N) is 4. The SMILES string of the molecule is C=c1c(C(C)=NCc2c(OC)cc(C)nc2C)c(C)c(=CC)n1C(C)C1CCN(CC(C)(F)F)CC1. The Balaban J connectivity index is 1.88. The molecule has 7 heteroatoms. The molecule has 1 fully saturated rings. The van der Waals surface area contributed by atoms with Crippen molar-refractivity contribution in [2.45, 2.75) is 79.8 Å². The number of likely N-dealkylation sites (tertiary alicyclic amines) is 1. The molecule has 0 spiro atoms. The Morgan fingerprint density at radius 1 is 1.31 bits per heavy atom. The fourth-order valence-electron chi connectivity index (χ4n) is 5.76. The third-order valence-corrected chi connectivity index (χ3v) is 7.57. The van der Waals surface area contributed by atoms with E-state index in [4.69, 9.17) is 9.73 Å². The van der Waals surface area contributed by atoms with Gasteiger partial charge in [-0.1, -0.05) is 12.7 Å². The summed E-state index contributed by atoms with van der Waals surface area (Å²) in [5.41, 5.74) is 6.03. The van der Waals surface area contributed by atoms with Crippen molar-refractivity contribution in [3.63, 3.8) is 0 Å². The van der Waals surface area contributed by atoms with Crippen molar-refractivity contribution in [3.05, 3.63) is 44.8 Å². The first-order valence-electron chi connectivity index (χ1n) is 12.9. The minimum absolute atomic E-state index is 0.161. The van der Waals surface area contributed by atoms with Crippen molar-refractivity contribution < 1.29 is 13.5 Å². The van der Waals surface area contributed by atoms with Crippen molar-refractivity contribution in [1.29, 1.82) is 0 Å². The number of hydrogen-bond donors (Lipinski definition) is 0. The number of pyridine rings is 1. The third-order valence-electron chi connectivity index (χ3n) is 7.57. The molecule has 0 radical (unpaired) electrons. The second-order valence-corrected chi connectivity index (χ2v) is 10.3. The van der Waals surface area contributed by atoms with Crippen LogP contribution >= 0.6 is 0 Å². The van der Waals surface area contributed by atoms with Gasteiger partial charge in [-0.05, 0) is 79.0 Å². The molecule has 0 aliphatic carbocycles. The molecule has 3 rings (SSSR count). The number of aryl methyl sites for hydroxylation is 2. The number of ether oxygens (including phenoxy) is 1. The van der Waals surface area contributed by atoms with Gasteiger partial charge in [0.05, 0.1) is 20.2 Å². The molecule has 0 aromatic carbocycles. The van der Waals surface area contributed by atoms with Gasteiger partial charge in [-0.2, -0.15) is 0 Å². The Hall–Kier alpha value is -2.54. The predicted octanol–water partition coefficient (Wildman–Crippen LogP) is 4.97. The third kappa shape index (κ3) is 6.05. The van der Waals surface area contributed by atoms with E-state index in [0.717, 1.165) is 64.4 Å². The van der Waals surface area contributed by atoms with Crippen molar-refractivity contribution in [2.75, 3.05) is 26.7 Å². The first-order valence-corrected chi connectivity index (χ1v) is 12.9. The van der Waals surface area contributed by atoms with E-state index in [1.165, 1.54) is 5.56 Å². The molecule has 1 atom stereocenters. The molecule has 5 nitrogen and oxygen atoms in total. The summed E-state index contributed by atoms with van der Waals surface area (Å²) in [5, 5.41) is 2.12. The first kappa shape index (κ1) is 28.0. The average molecular weight is 501 g/mol. The maximum Gasteiger partial charge on any atom is 0.257 e. The highest BCUT2D eigenvalue weighted by Gasteiger charge is 2.31. The van der Waals surface area contributed by atoms with E-state index in [2.05, 4.69) is 43.0 Å². The van der Waals surface area contributed by atoms with Gasteiger partial charge < -0.3 is 9.30 Å². The quantitative estimate of drug-likeness (QED) is 0.481. The van der Waals surface area contributed by atoms with Crippen molar-refractivity contribution in [2.24, 2.45) is 10.9 Å². The Morgan fingerprint density at radius 2 is 1.94 bits per heavy atom. The highest BCUT2D eigenvalue weighted by atomic mass is 19.3. The number of methoxy groups -OCH3 is 1. The van der Waals surface area contributed by atoms with Gasteiger partial charge in [0.15, 0.2) is 0 Å². The summed E-state index contributed by atoms with van der Waals surface area (Å²) >= 11 is 0. The van der Waals surface area contributed by atoms with Crippen LogP contribution in [0.4, 0.5) is 8.78 Å². The molecular weight excluding hydrogens is 458 g/mol. The highest BCUT2D eigenvalue weighted by Crippen LogP contribution is 2.29. The lowest BCUT2D eigenvalue weighted by Crippen LogP contribution is -2.43. The maximum absolute atomic E-state index is 13.5. The van der Waals surface area contributed by atoms with E-state index >= 15 is 0 Å². The van der Waals surface area contributed by atoms with Crippen LogP contribution in [0.2, 0.25) is 0 Å². The maximum atomic E-state index is 13.5. The first-order chi connectivity index (χ1) is 16.9. The monoisotopic (exact) mass is 500 g/mol. The summed E-state index contributed by atoms with van der Waals surface area (Å²) in [7, 11) is 1.68.